The number of ether oxygens (including phenoxy) is 1. The van der Waals surface area contributed by atoms with Crippen LogP contribution in [0.25, 0.3) is 0 Å². The molecule has 1 fully saturated rings. The molecule has 0 spiro atoms. The number of nitrogens with one attached hydrogen (secondary N) is 1. The van der Waals surface area contributed by atoms with Crippen LogP contribution in [0.4, 0.5) is 0 Å². The molecule has 1 amide bonds. The van der Waals surface area contributed by atoms with Gasteiger partial charge in [-0.15, -0.1) is 0 Å². The average Bonchev–Trinajstić information content (AvgIpc) is 2.64. The fraction of sp³-hybridized carbons (Fsp3) is 0.353. The smallest absolute Gasteiger partial charge is 0.273 e. The second-order valence-corrected chi connectivity index (χ2v) is 5.53. The van der Waals surface area contributed by atoms with Crippen molar-refractivity contribution in [2.24, 2.45) is 0 Å². The second kappa shape index (κ2) is 7.85. The summed E-state index contributed by atoms with van der Waals surface area (Å²) >= 11 is 0. The lowest BCUT2D eigenvalue weighted by atomic mass is 10.1. The van der Waals surface area contributed by atoms with Crippen LogP contribution in [0.1, 0.15) is 22.1 Å². The Morgan fingerprint density at radius 3 is 2.79 bits per heavy atom. The fourth-order valence-electron chi connectivity index (χ4n) is 2.76. The number of hydrogen-bond donors (Lipinski definition) is 2. The third-order valence-corrected chi connectivity index (χ3v) is 4.01. The standard InChI is InChI=1S/C17H20N4O3/c22-15-4-2-6-19-16(15)17(23)20-12-14(13-3-1-5-18-11-13)21-7-9-24-10-8-21/h1-6,11,14,22H,7-10,12H2,(H,20,23)/t14-/m1/s1. The molecule has 2 aromatic rings. The van der Waals surface area contributed by atoms with Crippen molar-refractivity contribution in [2.75, 3.05) is 32.8 Å². The van der Waals surface area contributed by atoms with Crippen molar-refractivity contribution in [3.63, 3.8) is 0 Å². The normalized spacial score (nSPS) is 16.5. The Morgan fingerprint density at radius 1 is 1.29 bits per heavy atom. The van der Waals surface area contributed by atoms with E-state index in [1.54, 1.807) is 12.3 Å². The molecule has 1 aliphatic heterocycles. The van der Waals surface area contributed by atoms with Crippen molar-refractivity contribution in [2.45, 2.75) is 6.04 Å². The first-order chi connectivity index (χ1) is 11.8. The van der Waals surface area contributed by atoms with Crippen LogP contribution in [0.15, 0.2) is 42.9 Å². The number of nitrogens with zero attached hydrogens (tertiary/aromatic N) is 3. The molecule has 1 atom stereocenters. The monoisotopic (exact) mass is 328 g/mol. The van der Waals surface area contributed by atoms with Crippen LogP contribution < -0.4 is 5.32 Å². The first-order valence-corrected chi connectivity index (χ1v) is 7.89. The van der Waals surface area contributed by atoms with E-state index in [1.165, 1.54) is 12.3 Å². The van der Waals surface area contributed by atoms with E-state index in [9.17, 15) is 9.90 Å². The SMILES string of the molecule is O=C(NC[C@H](c1cccnc1)N1CCOCC1)c1ncccc1O. The maximum atomic E-state index is 12.3. The zero-order valence-electron chi connectivity index (χ0n) is 13.3. The second-order valence-electron chi connectivity index (χ2n) is 5.53. The van der Waals surface area contributed by atoms with E-state index in [0.29, 0.717) is 19.8 Å². The Morgan fingerprint density at radius 2 is 2.08 bits per heavy atom. The molecule has 2 aromatic heterocycles. The summed E-state index contributed by atoms with van der Waals surface area (Å²) in [5.74, 6) is -0.519. The number of rotatable bonds is 5. The minimum atomic E-state index is -0.393. The zero-order chi connectivity index (χ0) is 16.8. The molecule has 0 unspecified atom stereocenters. The molecule has 1 aliphatic rings. The molecule has 0 bridgehead atoms. The predicted molar refractivity (Wildman–Crippen MR) is 87.6 cm³/mol. The predicted octanol–water partition coefficient (Wildman–Crippen LogP) is 0.985. The topological polar surface area (TPSA) is 87.6 Å². The van der Waals surface area contributed by atoms with Crippen molar-refractivity contribution in [3.05, 3.63) is 54.1 Å². The summed E-state index contributed by atoms with van der Waals surface area (Å²) in [6.45, 7) is 3.34. The molecule has 3 heterocycles. The van der Waals surface area contributed by atoms with E-state index < -0.39 is 5.91 Å². The van der Waals surface area contributed by atoms with Gasteiger partial charge in [-0.25, -0.2) is 4.98 Å². The molecule has 7 nitrogen and oxygen atoms in total. The molecule has 0 aromatic carbocycles. The number of carbonyl (C=O) groups is 1. The fourth-order valence-corrected chi connectivity index (χ4v) is 2.76. The quantitative estimate of drug-likeness (QED) is 0.851. The molecule has 7 heteroatoms. The van der Waals surface area contributed by atoms with Crippen molar-refractivity contribution >= 4 is 5.91 Å². The number of carbonyl (C=O) groups excluding carboxylic acids is 1. The Hall–Kier alpha value is -2.51. The maximum absolute atomic E-state index is 12.3. The number of amides is 1. The van der Waals surface area contributed by atoms with Gasteiger partial charge in [0, 0.05) is 38.2 Å². The van der Waals surface area contributed by atoms with Gasteiger partial charge in [0.1, 0.15) is 5.75 Å². The van der Waals surface area contributed by atoms with Gasteiger partial charge in [0.05, 0.1) is 19.3 Å². The van der Waals surface area contributed by atoms with Gasteiger partial charge in [-0.05, 0) is 23.8 Å². The van der Waals surface area contributed by atoms with Crippen molar-refractivity contribution < 1.29 is 14.6 Å². The lowest BCUT2D eigenvalue weighted by molar-refractivity contribution is 0.0161. The van der Waals surface area contributed by atoms with Gasteiger partial charge in [-0.2, -0.15) is 0 Å². The molecular weight excluding hydrogens is 308 g/mol. The van der Waals surface area contributed by atoms with Gasteiger partial charge in [0.15, 0.2) is 5.69 Å². The number of aromatic nitrogens is 2. The first kappa shape index (κ1) is 16.4. The van der Waals surface area contributed by atoms with Crippen LogP contribution in [0.5, 0.6) is 5.75 Å². The Kier molecular flexibility index (Phi) is 5.35. The van der Waals surface area contributed by atoms with E-state index >= 15 is 0 Å². The highest BCUT2D eigenvalue weighted by molar-refractivity contribution is 5.94. The number of aromatic hydroxyl groups is 1. The van der Waals surface area contributed by atoms with Crippen LogP contribution >= 0.6 is 0 Å². The van der Waals surface area contributed by atoms with Crippen LogP contribution in [-0.4, -0.2) is 58.7 Å². The molecule has 126 valence electrons. The summed E-state index contributed by atoms with van der Waals surface area (Å²) in [5, 5.41) is 12.6. The molecular formula is C17H20N4O3. The Balaban J connectivity index is 1.72. The third kappa shape index (κ3) is 3.87. The lowest BCUT2D eigenvalue weighted by Gasteiger charge is -2.34. The summed E-state index contributed by atoms with van der Waals surface area (Å²) in [5.41, 5.74) is 1.06. The highest BCUT2D eigenvalue weighted by atomic mass is 16.5. The molecule has 0 radical (unpaired) electrons. The number of pyridine rings is 2. The Bertz CT molecular complexity index is 675. The van der Waals surface area contributed by atoms with E-state index in [4.69, 9.17) is 4.74 Å². The van der Waals surface area contributed by atoms with Crippen molar-refractivity contribution in [1.82, 2.24) is 20.2 Å². The minimum absolute atomic E-state index is 0.00240. The van der Waals surface area contributed by atoms with E-state index in [2.05, 4.69) is 20.2 Å². The number of hydrogen-bond acceptors (Lipinski definition) is 6. The summed E-state index contributed by atoms with van der Waals surface area (Å²) < 4.78 is 5.41. The van der Waals surface area contributed by atoms with Crippen LogP contribution in [0.2, 0.25) is 0 Å². The summed E-state index contributed by atoms with van der Waals surface area (Å²) in [7, 11) is 0. The van der Waals surface area contributed by atoms with Gasteiger partial charge in [0.2, 0.25) is 0 Å². The Labute approximate surface area is 140 Å². The first-order valence-electron chi connectivity index (χ1n) is 7.89. The largest absolute Gasteiger partial charge is 0.505 e. The lowest BCUT2D eigenvalue weighted by Crippen LogP contribution is -2.44. The van der Waals surface area contributed by atoms with Gasteiger partial charge < -0.3 is 15.2 Å². The van der Waals surface area contributed by atoms with Crippen LogP contribution in [-0.2, 0) is 4.74 Å². The maximum Gasteiger partial charge on any atom is 0.273 e. The van der Waals surface area contributed by atoms with E-state index in [0.717, 1.165) is 18.7 Å². The van der Waals surface area contributed by atoms with Crippen molar-refractivity contribution in [3.8, 4) is 5.75 Å². The zero-order valence-corrected chi connectivity index (χ0v) is 13.3. The van der Waals surface area contributed by atoms with Crippen molar-refractivity contribution in [1.29, 1.82) is 0 Å². The molecule has 1 saturated heterocycles. The van der Waals surface area contributed by atoms with E-state index in [-0.39, 0.29) is 17.5 Å². The van der Waals surface area contributed by atoms with Gasteiger partial charge >= 0.3 is 0 Å². The molecule has 0 aliphatic carbocycles. The molecule has 3 rings (SSSR count). The summed E-state index contributed by atoms with van der Waals surface area (Å²) in [4.78, 5) is 22.7. The van der Waals surface area contributed by atoms with Crippen LogP contribution in [0, 0.1) is 0 Å². The number of morpholine rings is 1. The molecule has 24 heavy (non-hydrogen) atoms. The minimum Gasteiger partial charge on any atom is -0.505 e. The van der Waals surface area contributed by atoms with E-state index in [1.807, 2.05) is 18.3 Å². The van der Waals surface area contributed by atoms with Gasteiger partial charge in [-0.3, -0.25) is 14.7 Å². The summed E-state index contributed by atoms with van der Waals surface area (Å²) in [6.07, 6.45) is 5.02. The molecule has 2 N–H and O–H groups in total. The molecule has 0 saturated carbocycles. The highest BCUT2D eigenvalue weighted by Gasteiger charge is 2.24. The highest BCUT2D eigenvalue weighted by Crippen LogP contribution is 2.21. The van der Waals surface area contributed by atoms with Gasteiger partial charge in [0.25, 0.3) is 5.91 Å². The van der Waals surface area contributed by atoms with Gasteiger partial charge in [-0.1, -0.05) is 6.07 Å². The summed E-state index contributed by atoms with van der Waals surface area (Å²) in [6, 6.07) is 6.91. The average molecular weight is 328 g/mol. The third-order valence-electron chi connectivity index (χ3n) is 4.01. The van der Waals surface area contributed by atoms with Crippen LogP contribution in [0.3, 0.4) is 0 Å².